The van der Waals surface area contributed by atoms with Gasteiger partial charge in [-0.15, -0.1) is 0 Å². The van der Waals surface area contributed by atoms with Crippen LogP contribution in [-0.2, 0) is 4.79 Å². The number of piperidine rings is 1. The summed E-state index contributed by atoms with van der Waals surface area (Å²) in [4.78, 5) is 13.8. The second kappa shape index (κ2) is 6.55. The molecule has 0 aromatic heterocycles. The highest BCUT2D eigenvalue weighted by Gasteiger charge is 2.15. The maximum atomic E-state index is 11.9. The fourth-order valence-corrected chi connectivity index (χ4v) is 2.60. The molecule has 17 heavy (non-hydrogen) atoms. The third-order valence-electron chi connectivity index (χ3n) is 2.87. The van der Waals surface area contributed by atoms with Crippen molar-refractivity contribution >= 4 is 23.5 Å². The molecule has 1 amide bonds. The summed E-state index contributed by atoms with van der Waals surface area (Å²) < 4.78 is 3.18. The quantitative estimate of drug-likeness (QED) is 0.834. The van der Waals surface area contributed by atoms with Gasteiger partial charge in [0.15, 0.2) is 0 Å². The van der Waals surface area contributed by atoms with Crippen molar-refractivity contribution in [2.24, 2.45) is 0 Å². The van der Waals surface area contributed by atoms with Crippen LogP contribution in [0, 0.1) is 0 Å². The van der Waals surface area contributed by atoms with Crippen LogP contribution in [0.2, 0.25) is 0 Å². The number of carbonyl (C=O) groups is 1. The van der Waals surface area contributed by atoms with Crippen LogP contribution in [0.15, 0.2) is 30.3 Å². The standard InChI is InChI=1S/C13H18N2OS/c16-13(15-9-5-2-6-10-15)11-17-14-12-7-3-1-4-8-12/h1,3-4,7-8,14H,2,5-6,9-11H2. The highest BCUT2D eigenvalue weighted by atomic mass is 32.2. The van der Waals surface area contributed by atoms with Crippen LogP contribution in [0.5, 0.6) is 0 Å². The molecule has 1 aliphatic heterocycles. The molecule has 0 atom stereocenters. The summed E-state index contributed by atoms with van der Waals surface area (Å²) >= 11 is 1.47. The van der Waals surface area contributed by atoms with E-state index in [4.69, 9.17) is 0 Å². The van der Waals surface area contributed by atoms with Crippen molar-refractivity contribution in [1.29, 1.82) is 0 Å². The molecule has 0 saturated carbocycles. The molecular weight excluding hydrogens is 232 g/mol. The van der Waals surface area contributed by atoms with Gasteiger partial charge in [-0.05, 0) is 43.3 Å². The van der Waals surface area contributed by atoms with Crippen LogP contribution in [-0.4, -0.2) is 29.6 Å². The van der Waals surface area contributed by atoms with Gasteiger partial charge < -0.3 is 9.62 Å². The molecule has 0 spiro atoms. The lowest BCUT2D eigenvalue weighted by molar-refractivity contribution is -0.129. The lowest BCUT2D eigenvalue weighted by Crippen LogP contribution is -2.36. The number of hydrogen-bond donors (Lipinski definition) is 1. The zero-order valence-corrected chi connectivity index (χ0v) is 10.7. The number of amides is 1. The van der Waals surface area contributed by atoms with E-state index in [-0.39, 0.29) is 5.91 Å². The van der Waals surface area contributed by atoms with Gasteiger partial charge in [0.05, 0.1) is 5.75 Å². The molecule has 1 aliphatic rings. The zero-order chi connectivity index (χ0) is 11.9. The van der Waals surface area contributed by atoms with Gasteiger partial charge in [-0.3, -0.25) is 4.79 Å². The van der Waals surface area contributed by atoms with Crippen molar-refractivity contribution < 1.29 is 4.79 Å². The Bertz CT molecular complexity index is 350. The molecule has 2 rings (SSSR count). The summed E-state index contributed by atoms with van der Waals surface area (Å²) in [6.07, 6.45) is 3.57. The molecule has 0 unspecified atom stereocenters. The van der Waals surface area contributed by atoms with E-state index in [1.54, 1.807) is 0 Å². The molecule has 3 nitrogen and oxygen atoms in total. The first-order chi connectivity index (χ1) is 8.36. The van der Waals surface area contributed by atoms with E-state index < -0.39 is 0 Å². The predicted octanol–water partition coefficient (Wildman–Crippen LogP) is 2.76. The molecule has 0 bridgehead atoms. The van der Waals surface area contributed by atoms with Gasteiger partial charge in [0.2, 0.25) is 5.91 Å². The topological polar surface area (TPSA) is 32.3 Å². The highest BCUT2D eigenvalue weighted by Crippen LogP contribution is 2.14. The summed E-state index contributed by atoms with van der Waals surface area (Å²) in [5.74, 6) is 0.757. The Hall–Kier alpha value is -1.16. The third kappa shape index (κ3) is 3.97. The molecule has 0 aliphatic carbocycles. The number of likely N-dealkylation sites (tertiary alicyclic amines) is 1. The van der Waals surface area contributed by atoms with Crippen molar-refractivity contribution in [3.8, 4) is 0 Å². The summed E-state index contributed by atoms with van der Waals surface area (Å²) in [6, 6.07) is 9.94. The van der Waals surface area contributed by atoms with Gasteiger partial charge in [0.1, 0.15) is 0 Å². The van der Waals surface area contributed by atoms with Crippen molar-refractivity contribution in [2.75, 3.05) is 23.6 Å². The molecule has 1 fully saturated rings. The summed E-state index contributed by atoms with van der Waals surface area (Å²) in [5, 5.41) is 0. The van der Waals surface area contributed by atoms with Crippen molar-refractivity contribution in [2.45, 2.75) is 19.3 Å². The van der Waals surface area contributed by atoms with E-state index in [1.807, 2.05) is 35.2 Å². The summed E-state index contributed by atoms with van der Waals surface area (Å²) in [5.41, 5.74) is 1.05. The molecule has 1 aromatic rings. The van der Waals surface area contributed by atoms with Crippen LogP contribution in [0.1, 0.15) is 19.3 Å². The number of benzene rings is 1. The molecule has 1 aromatic carbocycles. The lowest BCUT2D eigenvalue weighted by Gasteiger charge is -2.26. The van der Waals surface area contributed by atoms with Crippen molar-refractivity contribution in [1.82, 2.24) is 4.90 Å². The SMILES string of the molecule is O=C(CSNc1ccccc1)N1CCCCC1. The number of rotatable bonds is 4. The number of nitrogens with zero attached hydrogens (tertiary/aromatic N) is 1. The van der Waals surface area contributed by atoms with Crippen molar-refractivity contribution in [3.05, 3.63) is 30.3 Å². The number of nitrogens with one attached hydrogen (secondary N) is 1. The smallest absolute Gasteiger partial charge is 0.234 e. The van der Waals surface area contributed by atoms with E-state index in [0.717, 1.165) is 31.6 Å². The first-order valence-corrected chi connectivity index (χ1v) is 7.05. The minimum absolute atomic E-state index is 0.248. The van der Waals surface area contributed by atoms with Gasteiger partial charge in [0.25, 0.3) is 0 Å². The number of hydrogen-bond acceptors (Lipinski definition) is 3. The van der Waals surface area contributed by atoms with Crippen LogP contribution < -0.4 is 4.72 Å². The lowest BCUT2D eigenvalue weighted by atomic mass is 10.1. The van der Waals surface area contributed by atoms with Crippen LogP contribution >= 0.6 is 11.9 Å². The Balaban J connectivity index is 1.69. The second-order valence-corrected chi connectivity index (χ2v) is 4.98. The Morgan fingerprint density at radius 2 is 1.88 bits per heavy atom. The Labute approximate surface area is 107 Å². The summed E-state index contributed by atoms with van der Waals surface area (Å²) in [6.45, 7) is 1.87. The normalized spacial score (nSPS) is 15.6. The fourth-order valence-electron chi connectivity index (χ4n) is 1.92. The second-order valence-electron chi connectivity index (χ2n) is 4.20. The Morgan fingerprint density at radius 1 is 1.18 bits per heavy atom. The molecule has 4 heteroatoms. The van der Waals surface area contributed by atoms with Gasteiger partial charge in [-0.25, -0.2) is 0 Å². The number of para-hydroxylation sites is 1. The average Bonchev–Trinajstić information content (AvgIpc) is 2.41. The maximum absolute atomic E-state index is 11.9. The molecule has 1 heterocycles. The van der Waals surface area contributed by atoms with E-state index in [1.165, 1.54) is 18.4 Å². The van der Waals surface area contributed by atoms with Gasteiger partial charge in [-0.1, -0.05) is 18.2 Å². The van der Waals surface area contributed by atoms with Crippen LogP contribution in [0.25, 0.3) is 0 Å². The van der Waals surface area contributed by atoms with Crippen LogP contribution in [0.3, 0.4) is 0 Å². The van der Waals surface area contributed by atoms with Gasteiger partial charge in [0, 0.05) is 18.8 Å². The Morgan fingerprint density at radius 3 is 2.59 bits per heavy atom. The average molecular weight is 250 g/mol. The molecule has 1 N–H and O–H groups in total. The van der Waals surface area contributed by atoms with Gasteiger partial charge >= 0.3 is 0 Å². The van der Waals surface area contributed by atoms with Crippen LogP contribution in [0.4, 0.5) is 5.69 Å². The van der Waals surface area contributed by atoms with E-state index >= 15 is 0 Å². The van der Waals surface area contributed by atoms with E-state index in [2.05, 4.69) is 4.72 Å². The molecule has 92 valence electrons. The zero-order valence-electron chi connectivity index (χ0n) is 9.89. The van der Waals surface area contributed by atoms with E-state index in [0.29, 0.717) is 5.75 Å². The third-order valence-corrected chi connectivity index (χ3v) is 3.64. The number of anilines is 1. The van der Waals surface area contributed by atoms with E-state index in [9.17, 15) is 4.79 Å². The minimum Gasteiger partial charge on any atom is -0.342 e. The first kappa shape index (κ1) is 12.3. The predicted molar refractivity (Wildman–Crippen MR) is 73.0 cm³/mol. The maximum Gasteiger partial charge on any atom is 0.234 e. The highest BCUT2D eigenvalue weighted by molar-refractivity contribution is 8.01. The van der Waals surface area contributed by atoms with Gasteiger partial charge in [-0.2, -0.15) is 0 Å². The largest absolute Gasteiger partial charge is 0.342 e. The first-order valence-electron chi connectivity index (χ1n) is 6.07. The number of carbonyl (C=O) groups excluding carboxylic acids is 1. The summed E-state index contributed by atoms with van der Waals surface area (Å²) in [7, 11) is 0. The van der Waals surface area contributed by atoms with Crippen molar-refractivity contribution in [3.63, 3.8) is 0 Å². The molecule has 1 saturated heterocycles. The molecule has 0 radical (unpaired) electrons. The molecular formula is C13H18N2OS. The minimum atomic E-state index is 0.248. The fraction of sp³-hybridized carbons (Fsp3) is 0.462. The monoisotopic (exact) mass is 250 g/mol. The Kier molecular flexibility index (Phi) is 4.74.